The molecule has 0 bridgehead atoms. The van der Waals surface area contributed by atoms with Gasteiger partial charge >= 0.3 is 5.97 Å². The molecule has 0 aromatic rings. The molecule has 0 aromatic carbocycles. The van der Waals surface area contributed by atoms with Crippen LogP contribution < -0.4 is 5.32 Å². The number of nitrogens with one attached hydrogen (secondary N) is 1. The minimum absolute atomic E-state index is 0.0525. The maximum Gasteiger partial charge on any atom is 0.306 e. The molecule has 0 rings (SSSR count). The van der Waals surface area contributed by atoms with Crippen molar-refractivity contribution in [3.63, 3.8) is 0 Å². The number of carbonyl (C=O) groups is 2. The molecule has 6 heteroatoms. The lowest BCUT2D eigenvalue weighted by Crippen LogP contribution is -2.46. The molecule has 3 unspecified atom stereocenters. The van der Waals surface area contributed by atoms with E-state index in [1.165, 1.54) is 141 Å². The van der Waals surface area contributed by atoms with Gasteiger partial charge in [0.2, 0.25) is 5.91 Å². The molecule has 6 nitrogen and oxygen atoms in total. The molecule has 62 heavy (non-hydrogen) atoms. The fourth-order valence-corrected chi connectivity index (χ4v) is 7.51. The van der Waals surface area contributed by atoms with Gasteiger partial charge in [0.1, 0.15) is 6.10 Å². The molecule has 0 saturated carbocycles. The summed E-state index contributed by atoms with van der Waals surface area (Å²) >= 11 is 0. The highest BCUT2D eigenvalue weighted by Gasteiger charge is 2.23. The predicted molar refractivity (Wildman–Crippen MR) is 268 cm³/mol. The predicted octanol–water partition coefficient (Wildman–Crippen LogP) is 15.8. The standard InChI is InChI=1S/C56H99NO5/c1-4-7-10-13-16-19-22-24-26-27-29-31-34-37-40-43-46-49-56(61)62-52(47-44-41-38-35-32-21-18-15-12-9-6-3)50-55(60)57-53(51-58)54(59)48-45-42-39-36-33-30-28-25-23-20-17-14-11-8-5-2/h16,19,24,26,29,31,35,37-38,40,44,47,52-54,58-59H,4-15,17-18,20-23,25,27-28,30,32-34,36,39,41-43,45-46,48-51H2,1-3H3,(H,57,60)/b19-16-,26-24-,31-29-,38-35-,40-37-,47-44+. The quantitative estimate of drug-likeness (QED) is 0.0322. The summed E-state index contributed by atoms with van der Waals surface area (Å²) in [5.74, 6) is -0.671. The summed E-state index contributed by atoms with van der Waals surface area (Å²) in [7, 11) is 0. The Morgan fingerprint density at radius 1 is 0.484 bits per heavy atom. The Labute approximate surface area is 383 Å². The maximum absolute atomic E-state index is 13.2. The molecule has 0 aromatic heterocycles. The lowest BCUT2D eigenvalue weighted by molar-refractivity contribution is -0.148. The zero-order valence-electron chi connectivity index (χ0n) is 40.7. The average molecular weight is 866 g/mol. The highest BCUT2D eigenvalue weighted by Crippen LogP contribution is 2.16. The lowest BCUT2D eigenvalue weighted by atomic mass is 10.0. The number of unbranched alkanes of at least 4 members (excludes halogenated alkanes) is 24. The number of ether oxygens (including phenoxy) is 1. The first-order valence-electron chi connectivity index (χ1n) is 26.2. The van der Waals surface area contributed by atoms with Crippen LogP contribution in [0.5, 0.6) is 0 Å². The molecular weight excluding hydrogens is 767 g/mol. The molecular formula is C56H99NO5. The van der Waals surface area contributed by atoms with Crippen molar-refractivity contribution >= 4 is 11.9 Å². The summed E-state index contributed by atoms with van der Waals surface area (Å²) in [6.07, 6.45) is 62.8. The van der Waals surface area contributed by atoms with Gasteiger partial charge in [-0.3, -0.25) is 9.59 Å². The molecule has 0 spiro atoms. The van der Waals surface area contributed by atoms with E-state index >= 15 is 0 Å². The Hall–Kier alpha value is -2.70. The molecule has 0 aliphatic carbocycles. The van der Waals surface area contributed by atoms with Crippen molar-refractivity contribution in [1.29, 1.82) is 0 Å². The molecule has 0 heterocycles. The van der Waals surface area contributed by atoms with Crippen molar-refractivity contribution < 1.29 is 24.5 Å². The van der Waals surface area contributed by atoms with Crippen LogP contribution in [0.3, 0.4) is 0 Å². The van der Waals surface area contributed by atoms with Gasteiger partial charge in [0, 0.05) is 6.42 Å². The van der Waals surface area contributed by atoms with Gasteiger partial charge in [0.25, 0.3) is 0 Å². The molecule has 3 N–H and O–H groups in total. The van der Waals surface area contributed by atoms with E-state index in [2.05, 4.69) is 86.8 Å². The van der Waals surface area contributed by atoms with E-state index in [9.17, 15) is 19.8 Å². The van der Waals surface area contributed by atoms with Crippen LogP contribution in [0.2, 0.25) is 0 Å². The number of aliphatic hydroxyl groups is 2. The Bertz CT molecular complexity index is 1150. The van der Waals surface area contributed by atoms with Crippen LogP contribution in [0.1, 0.15) is 245 Å². The third-order valence-electron chi connectivity index (χ3n) is 11.5. The zero-order valence-corrected chi connectivity index (χ0v) is 40.7. The Morgan fingerprint density at radius 2 is 0.855 bits per heavy atom. The number of aliphatic hydroxyl groups excluding tert-OH is 2. The molecule has 0 fully saturated rings. The topological polar surface area (TPSA) is 95.9 Å². The first-order chi connectivity index (χ1) is 30.5. The molecule has 0 radical (unpaired) electrons. The summed E-state index contributed by atoms with van der Waals surface area (Å²) in [5, 5.41) is 23.7. The summed E-state index contributed by atoms with van der Waals surface area (Å²) in [4.78, 5) is 26.0. The van der Waals surface area contributed by atoms with Gasteiger partial charge in [0.05, 0.1) is 25.2 Å². The minimum Gasteiger partial charge on any atom is -0.458 e. The van der Waals surface area contributed by atoms with E-state index in [-0.39, 0.29) is 31.3 Å². The largest absolute Gasteiger partial charge is 0.458 e. The van der Waals surface area contributed by atoms with Crippen LogP contribution >= 0.6 is 0 Å². The van der Waals surface area contributed by atoms with Crippen LogP contribution in [0, 0.1) is 0 Å². The van der Waals surface area contributed by atoms with Crippen molar-refractivity contribution in [3.05, 3.63) is 72.9 Å². The third kappa shape index (κ3) is 43.9. The highest BCUT2D eigenvalue weighted by molar-refractivity contribution is 5.78. The first-order valence-corrected chi connectivity index (χ1v) is 26.2. The zero-order chi connectivity index (χ0) is 45.2. The third-order valence-corrected chi connectivity index (χ3v) is 11.5. The minimum atomic E-state index is -0.822. The fraction of sp³-hybridized carbons (Fsp3) is 0.750. The molecule has 1 amide bonds. The van der Waals surface area contributed by atoms with E-state index in [0.717, 1.165) is 51.4 Å². The van der Waals surface area contributed by atoms with Gasteiger partial charge < -0.3 is 20.3 Å². The summed E-state index contributed by atoms with van der Waals surface area (Å²) < 4.78 is 5.80. The molecule has 3 atom stereocenters. The van der Waals surface area contributed by atoms with E-state index in [4.69, 9.17) is 4.74 Å². The Kier molecular flexibility index (Phi) is 47.2. The second-order valence-electron chi connectivity index (χ2n) is 17.6. The number of hydrogen-bond donors (Lipinski definition) is 3. The van der Waals surface area contributed by atoms with E-state index in [1.807, 2.05) is 6.08 Å². The number of rotatable bonds is 46. The first kappa shape index (κ1) is 59.3. The van der Waals surface area contributed by atoms with Crippen molar-refractivity contribution in [2.45, 2.75) is 264 Å². The second-order valence-corrected chi connectivity index (χ2v) is 17.6. The van der Waals surface area contributed by atoms with Crippen LogP contribution in [-0.4, -0.2) is 46.9 Å². The Balaban J connectivity index is 4.67. The summed E-state index contributed by atoms with van der Waals surface area (Å²) in [6.45, 7) is 6.40. The summed E-state index contributed by atoms with van der Waals surface area (Å²) in [6, 6.07) is -0.746. The van der Waals surface area contributed by atoms with Crippen molar-refractivity contribution in [3.8, 4) is 0 Å². The monoisotopic (exact) mass is 866 g/mol. The van der Waals surface area contributed by atoms with Gasteiger partial charge in [-0.1, -0.05) is 229 Å². The van der Waals surface area contributed by atoms with Gasteiger partial charge in [-0.15, -0.1) is 0 Å². The van der Waals surface area contributed by atoms with Gasteiger partial charge in [-0.2, -0.15) is 0 Å². The SMILES string of the molecule is CCCCC/C=C\C/C=C\C/C=C\C/C=C\CCCC(=O)OC(/C=C/C/C=C\CCCCCCCC)CC(=O)NC(CO)C(O)CCCCCCCCCCCCCCCCC. The highest BCUT2D eigenvalue weighted by atomic mass is 16.5. The van der Waals surface area contributed by atoms with Crippen LogP contribution in [0.15, 0.2) is 72.9 Å². The van der Waals surface area contributed by atoms with Gasteiger partial charge in [0.15, 0.2) is 0 Å². The van der Waals surface area contributed by atoms with Gasteiger partial charge in [-0.05, 0) is 76.7 Å². The van der Waals surface area contributed by atoms with Crippen LogP contribution in [-0.2, 0) is 14.3 Å². The van der Waals surface area contributed by atoms with E-state index < -0.39 is 18.2 Å². The van der Waals surface area contributed by atoms with Crippen molar-refractivity contribution in [1.82, 2.24) is 5.32 Å². The van der Waals surface area contributed by atoms with Gasteiger partial charge in [-0.25, -0.2) is 0 Å². The number of carbonyl (C=O) groups excluding carboxylic acids is 2. The number of allylic oxidation sites excluding steroid dienone is 11. The normalized spacial score (nSPS) is 13.8. The van der Waals surface area contributed by atoms with Crippen molar-refractivity contribution in [2.24, 2.45) is 0 Å². The molecule has 358 valence electrons. The number of hydrogen-bond acceptors (Lipinski definition) is 5. The van der Waals surface area contributed by atoms with Crippen molar-refractivity contribution in [2.75, 3.05) is 6.61 Å². The fourth-order valence-electron chi connectivity index (χ4n) is 7.51. The molecule has 0 aliphatic heterocycles. The van der Waals surface area contributed by atoms with Crippen LogP contribution in [0.4, 0.5) is 0 Å². The summed E-state index contributed by atoms with van der Waals surface area (Å²) in [5.41, 5.74) is 0. The smallest absolute Gasteiger partial charge is 0.306 e. The van der Waals surface area contributed by atoms with Crippen LogP contribution in [0.25, 0.3) is 0 Å². The number of amides is 1. The average Bonchev–Trinajstić information content (AvgIpc) is 3.26. The molecule has 0 saturated heterocycles. The van der Waals surface area contributed by atoms with E-state index in [1.54, 1.807) is 6.08 Å². The lowest BCUT2D eigenvalue weighted by Gasteiger charge is -2.23. The number of esters is 1. The Morgan fingerprint density at radius 3 is 1.32 bits per heavy atom. The second kappa shape index (κ2) is 49.3. The maximum atomic E-state index is 13.2. The molecule has 0 aliphatic rings. The van der Waals surface area contributed by atoms with E-state index in [0.29, 0.717) is 19.3 Å².